The molecule has 2 aromatic heterocycles. The number of aromatic amines is 1. The number of aromatic nitrogens is 1. The number of nitrogens with one attached hydrogen (secondary N) is 2. The molecule has 1 atom stereocenters. The fraction of sp³-hybridized carbons (Fsp3) is 0.333. The van der Waals surface area contributed by atoms with Gasteiger partial charge in [0.15, 0.2) is 0 Å². The molecule has 6 nitrogen and oxygen atoms in total. The number of H-pyrrole nitrogens is 1. The SMILES string of the molecule is Cc1ccc2cc(CCC(=O)NCC(c3ccco3)N(C)C)c(=O)[nH]c2c1. The Kier molecular flexibility index (Phi) is 5.76. The van der Waals surface area contributed by atoms with Crippen LogP contribution in [0.3, 0.4) is 0 Å². The number of pyridine rings is 1. The summed E-state index contributed by atoms with van der Waals surface area (Å²) in [7, 11) is 3.88. The fourth-order valence-corrected chi connectivity index (χ4v) is 3.11. The van der Waals surface area contributed by atoms with Crippen molar-refractivity contribution in [1.29, 1.82) is 0 Å². The Bertz CT molecular complexity index is 974. The van der Waals surface area contributed by atoms with Crippen molar-refractivity contribution >= 4 is 16.8 Å². The number of hydrogen-bond donors (Lipinski definition) is 2. The van der Waals surface area contributed by atoms with Crippen LogP contribution in [0.4, 0.5) is 0 Å². The Morgan fingerprint density at radius 3 is 2.78 bits per heavy atom. The predicted octanol–water partition coefficient (Wildman–Crippen LogP) is 2.78. The zero-order valence-electron chi connectivity index (χ0n) is 15.9. The molecule has 142 valence electrons. The number of nitrogens with zero attached hydrogens (tertiary/aromatic N) is 1. The van der Waals surface area contributed by atoms with Crippen LogP contribution in [-0.4, -0.2) is 36.4 Å². The van der Waals surface area contributed by atoms with Crippen molar-refractivity contribution in [3.05, 3.63) is 69.9 Å². The van der Waals surface area contributed by atoms with E-state index in [0.717, 1.165) is 22.2 Å². The molecule has 0 aliphatic rings. The maximum Gasteiger partial charge on any atom is 0.251 e. The van der Waals surface area contributed by atoms with Gasteiger partial charge in [-0.05, 0) is 62.7 Å². The molecule has 2 heterocycles. The van der Waals surface area contributed by atoms with Crippen LogP contribution in [0, 0.1) is 6.92 Å². The van der Waals surface area contributed by atoms with Crippen molar-refractivity contribution in [3.63, 3.8) is 0 Å². The largest absolute Gasteiger partial charge is 0.468 e. The highest BCUT2D eigenvalue weighted by Crippen LogP contribution is 2.18. The number of furan rings is 1. The molecule has 0 saturated heterocycles. The zero-order valence-corrected chi connectivity index (χ0v) is 15.9. The van der Waals surface area contributed by atoms with Crippen LogP contribution in [0.1, 0.15) is 29.3 Å². The van der Waals surface area contributed by atoms with Crippen LogP contribution in [-0.2, 0) is 11.2 Å². The minimum Gasteiger partial charge on any atom is -0.468 e. The molecule has 0 spiro atoms. The summed E-state index contributed by atoms with van der Waals surface area (Å²) in [6.45, 7) is 2.44. The van der Waals surface area contributed by atoms with Crippen LogP contribution >= 0.6 is 0 Å². The van der Waals surface area contributed by atoms with Gasteiger partial charge < -0.3 is 14.7 Å². The zero-order chi connectivity index (χ0) is 19.4. The topological polar surface area (TPSA) is 78.3 Å². The van der Waals surface area contributed by atoms with Gasteiger partial charge in [0, 0.05) is 24.0 Å². The van der Waals surface area contributed by atoms with Gasteiger partial charge in [-0.15, -0.1) is 0 Å². The van der Waals surface area contributed by atoms with Crippen molar-refractivity contribution in [1.82, 2.24) is 15.2 Å². The molecule has 3 rings (SSSR count). The van der Waals surface area contributed by atoms with Gasteiger partial charge in [-0.2, -0.15) is 0 Å². The average molecular weight is 367 g/mol. The van der Waals surface area contributed by atoms with Crippen molar-refractivity contribution in [3.8, 4) is 0 Å². The molecule has 1 unspecified atom stereocenters. The fourth-order valence-electron chi connectivity index (χ4n) is 3.11. The van der Waals surface area contributed by atoms with Crippen LogP contribution in [0.5, 0.6) is 0 Å². The van der Waals surface area contributed by atoms with Gasteiger partial charge in [-0.25, -0.2) is 0 Å². The van der Waals surface area contributed by atoms with E-state index >= 15 is 0 Å². The van der Waals surface area contributed by atoms with Crippen molar-refractivity contribution in [2.75, 3.05) is 20.6 Å². The molecule has 1 amide bonds. The highest BCUT2D eigenvalue weighted by atomic mass is 16.3. The molecule has 0 fully saturated rings. The van der Waals surface area contributed by atoms with Gasteiger partial charge >= 0.3 is 0 Å². The number of rotatable bonds is 7. The molecule has 1 aromatic carbocycles. The maximum atomic E-state index is 12.3. The minimum atomic E-state index is -0.136. The van der Waals surface area contributed by atoms with Crippen LogP contribution in [0.15, 0.2) is 51.9 Å². The molecular weight excluding hydrogens is 342 g/mol. The van der Waals surface area contributed by atoms with E-state index in [1.807, 2.05) is 62.3 Å². The molecular formula is C21H25N3O3. The predicted molar refractivity (Wildman–Crippen MR) is 106 cm³/mol. The summed E-state index contributed by atoms with van der Waals surface area (Å²) in [5.74, 6) is 0.721. The highest BCUT2D eigenvalue weighted by Gasteiger charge is 2.18. The van der Waals surface area contributed by atoms with E-state index in [4.69, 9.17) is 4.42 Å². The second-order valence-electron chi connectivity index (χ2n) is 7.01. The Hall–Kier alpha value is -2.86. The quantitative estimate of drug-likeness (QED) is 0.673. The van der Waals surface area contributed by atoms with Crippen molar-refractivity contribution in [2.45, 2.75) is 25.8 Å². The van der Waals surface area contributed by atoms with Crippen LogP contribution in [0.2, 0.25) is 0 Å². The lowest BCUT2D eigenvalue weighted by Crippen LogP contribution is -2.34. The molecule has 0 bridgehead atoms. The average Bonchev–Trinajstić information content (AvgIpc) is 3.14. The molecule has 6 heteroatoms. The van der Waals surface area contributed by atoms with Crippen LogP contribution in [0.25, 0.3) is 10.9 Å². The Balaban J connectivity index is 1.60. The maximum absolute atomic E-state index is 12.3. The number of carbonyl (C=O) groups is 1. The first-order valence-corrected chi connectivity index (χ1v) is 9.03. The third-order valence-corrected chi connectivity index (χ3v) is 4.69. The summed E-state index contributed by atoms with van der Waals surface area (Å²) >= 11 is 0. The first-order chi connectivity index (χ1) is 12.9. The molecule has 0 radical (unpaired) electrons. The lowest BCUT2D eigenvalue weighted by atomic mass is 10.1. The van der Waals surface area contributed by atoms with E-state index < -0.39 is 0 Å². The smallest absolute Gasteiger partial charge is 0.251 e. The molecule has 27 heavy (non-hydrogen) atoms. The highest BCUT2D eigenvalue weighted by molar-refractivity contribution is 5.80. The Labute approximate surface area is 158 Å². The van der Waals surface area contributed by atoms with Gasteiger partial charge in [-0.1, -0.05) is 12.1 Å². The number of amides is 1. The molecule has 0 aliphatic heterocycles. The first kappa shape index (κ1) is 18.9. The number of hydrogen-bond acceptors (Lipinski definition) is 4. The third kappa shape index (κ3) is 4.65. The summed E-state index contributed by atoms with van der Waals surface area (Å²) in [5, 5.41) is 3.91. The van der Waals surface area contributed by atoms with E-state index in [9.17, 15) is 9.59 Å². The standard InChI is InChI=1S/C21H25N3O3/c1-14-6-7-15-12-16(21(26)23-17(15)11-14)8-9-20(25)22-13-18(24(2)3)19-5-4-10-27-19/h4-7,10-12,18H,8-9,13H2,1-3H3,(H,22,25)(H,23,26). The van der Waals surface area contributed by atoms with E-state index in [1.165, 1.54) is 0 Å². The Morgan fingerprint density at radius 2 is 2.07 bits per heavy atom. The first-order valence-electron chi connectivity index (χ1n) is 9.03. The van der Waals surface area contributed by atoms with Crippen molar-refractivity contribution in [2.24, 2.45) is 0 Å². The van der Waals surface area contributed by atoms with Gasteiger partial charge in [0.1, 0.15) is 5.76 Å². The van der Waals surface area contributed by atoms with Gasteiger partial charge in [0.2, 0.25) is 5.91 Å². The normalized spacial score (nSPS) is 12.4. The summed E-state index contributed by atoms with van der Waals surface area (Å²) in [4.78, 5) is 29.4. The number of benzene rings is 1. The summed E-state index contributed by atoms with van der Waals surface area (Å²) in [6, 6.07) is 11.5. The van der Waals surface area contributed by atoms with E-state index in [2.05, 4.69) is 10.3 Å². The second kappa shape index (κ2) is 8.22. The molecule has 3 aromatic rings. The van der Waals surface area contributed by atoms with Gasteiger partial charge in [0.05, 0.1) is 12.3 Å². The monoisotopic (exact) mass is 367 g/mol. The number of likely N-dealkylation sites (N-methyl/N-ethyl adjacent to an activating group) is 1. The third-order valence-electron chi connectivity index (χ3n) is 4.69. The molecule has 2 N–H and O–H groups in total. The lowest BCUT2D eigenvalue weighted by Gasteiger charge is -2.22. The second-order valence-corrected chi connectivity index (χ2v) is 7.01. The van der Waals surface area contributed by atoms with Crippen molar-refractivity contribution < 1.29 is 9.21 Å². The van der Waals surface area contributed by atoms with Gasteiger partial charge in [0.25, 0.3) is 5.56 Å². The summed E-state index contributed by atoms with van der Waals surface area (Å²) < 4.78 is 5.45. The van der Waals surface area contributed by atoms with E-state index in [1.54, 1.807) is 6.26 Å². The Morgan fingerprint density at radius 1 is 1.26 bits per heavy atom. The minimum absolute atomic E-state index is 0.0312. The summed E-state index contributed by atoms with van der Waals surface area (Å²) in [6.07, 6.45) is 2.29. The van der Waals surface area contributed by atoms with Gasteiger partial charge in [-0.3, -0.25) is 14.5 Å². The summed E-state index contributed by atoms with van der Waals surface area (Å²) in [5.41, 5.74) is 2.40. The number of aryl methyl sites for hydroxylation is 2. The number of carbonyl (C=O) groups excluding carboxylic acids is 1. The molecule has 0 saturated carbocycles. The van der Waals surface area contributed by atoms with Crippen LogP contribution < -0.4 is 10.9 Å². The number of fused-ring (bicyclic) bond motifs is 1. The lowest BCUT2D eigenvalue weighted by molar-refractivity contribution is -0.121. The van der Waals surface area contributed by atoms with E-state index in [-0.39, 0.29) is 23.9 Å². The molecule has 0 aliphatic carbocycles. The van der Waals surface area contributed by atoms with E-state index in [0.29, 0.717) is 18.5 Å².